The first kappa shape index (κ1) is 16.8. The van der Waals surface area contributed by atoms with Crippen molar-refractivity contribution in [2.75, 3.05) is 0 Å². The van der Waals surface area contributed by atoms with Crippen molar-refractivity contribution in [1.82, 2.24) is 9.55 Å². The number of allylic oxidation sites excluding steroid dienone is 1. The fourth-order valence-corrected chi connectivity index (χ4v) is 3.64. The normalized spacial score (nSPS) is 14.8. The molecule has 3 aromatic rings. The van der Waals surface area contributed by atoms with Crippen LogP contribution >= 0.6 is 23.2 Å². The Kier molecular flexibility index (Phi) is 4.05. The van der Waals surface area contributed by atoms with Gasteiger partial charge in [0.1, 0.15) is 5.82 Å². The first-order chi connectivity index (χ1) is 12.4. The molecule has 0 amide bonds. The number of rotatable bonds is 2. The van der Waals surface area contributed by atoms with E-state index in [0.29, 0.717) is 39.7 Å². The fraction of sp³-hybridized carbons (Fsp3) is 0.105. The minimum atomic E-state index is -0.969. The number of hydrogen-bond donors (Lipinski definition) is 1. The summed E-state index contributed by atoms with van der Waals surface area (Å²) in [6.07, 6.45) is 2.57. The Hall–Kier alpha value is -2.63. The number of hydrogen-bond acceptors (Lipinski definition) is 3. The highest BCUT2D eigenvalue weighted by atomic mass is 35.5. The zero-order valence-corrected chi connectivity index (χ0v) is 14.9. The number of carbonyl (C=O) groups is 1. The first-order valence-electron chi connectivity index (χ1n) is 7.88. The number of aromatic nitrogens is 2. The van der Waals surface area contributed by atoms with Crippen LogP contribution in [0.15, 0.2) is 41.2 Å². The quantitative estimate of drug-likeness (QED) is 0.710. The molecule has 26 heavy (non-hydrogen) atoms. The summed E-state index contributed by atoms with van der Waals surface area (Å²) in [6.45, 7) is 0.528. The average Bonchev–Trinajstić information content (AvgIpc) is 3.00. The van der Waals surface area contributed by atoms with Gasteiger partial charge in [0, 0.05) is 11.6 Å². The summed E-state index contributed by atoms with van der Waals surface area (Å²) in [4.78, 5) is 28.3. The van der Waals surface area contributed by atoms with E-state index in [-0.39, 0.29) is 11.1 Å². The molecule has 0 atom stereocenters. The number of benzene rings is 2. The number of halogens is 2. The van der Waals surface area contributed by atoms with E-state index in [1.165, 1.54) is 0 Å². The Balaban J connectivity index is 1.85. The fourth-order valence-electron chi connectivity index (χ4n) is 3.11. The molecule has 0 radical (unpaired) electrons. The predicted molar refractivity (Wildman–Crippen MR) is 102 cm³/mol. The first-order valence-corrected chi connectivity index (χ1v) is 8.63. The minimum Gasteiger partial charge on any atom is -0.478 e. The molecule has 0 unspecified atom stereocenters. The number of fused-ring (bicyclic) bond motifs is 2. The standard InChI is InChI=1S/C19H12Cl2N2O3/c20-13-8-14-16(15(21)9-13)22-17-12(5-6-23(17)18(14)24)7-10-1-3-11(4-2-10)19(25)26/h1-4,7-9H,5-6H2,(H,25,26)/b12-7+. The van der Waals surface area contributed by atoms with Gasteiger partial charge in [-0.2, -0.15) is 0 Å². The molecular weight excluding hydrogens is 375 g/mol. The van der Waals surface area contributed by atoms with Gasteiger partial charge < -0.3 is 5.11 Å². The van der Waals surface area contributed by atoms with Crippen LogP contribution in [0.25, 0.3) is 22.6 Å². The van der Waals surface area contributed by atoms with E-state index in [4.69, 9.17) is 28.3 Å². The Morgan fingerprint density at radius 2 is 1.92 bits per heavy atom. The van der Waals surface area contributed by atoms with Crippen LogP contribution in [0.4, 0.5) is 0 Å². The van der Waals surface area contributed by atoms with Gasteiger partial charge in [0.2, 0.25) is 0 Å². The van der Waals surface area contributed by atoms with Crippen LogP contribution in [0.2, 0.25) is 10.0 Å². The van der Waals surface area contributed by atoms with E-state index in [2.05, 4.69) is 4.98 Å². The molecule has 2 aromatic carbocycles. The van der Waals surface area contributed by atoms with E-state index in [9.17, 15) is 9.59 Å². The number of carboxylic acid groups (broad SMARTS) is 1. The summed E-state index contributed by atoms with van der Waals surface area (Å²) >= 11 is 12.2. The molecule has 1 aliphatic heterocycles. The average molecular weight is 387 g/mol. The van der Waals surface area contributed by atoms with Crippen LogP contribution in [0.1, 0.15) is 28.2 Å². The highest BCUT2D eigenvalue weighted by Crippen LogP contribution is 2.30. The number of nitrogens with zero attached hydrogens (tertiary/aromatic N) is 2. The lowest BCUT2D eigenvalue weighted by molar-refractivity contribution is 0.0697. The Morgan fingerprint density at radius 1 is 1.19 bits per heavy atom. The SMILES string of the molecule is O=C(O)c1ccc(/C=C2\CCn3c2nc2c(Cl)cc(Cl)cc2c3=O)cc1. The number of carboxylic acids is 1. The summed E-state index contributed by atoms with van der Waals surface area (Å²) < 4.78 is 1.62. The van der Waals surface area contributed by atoms with Gasteiger partial charge in [-0.25, -0.2) is 9.78 Å². The molecule has 130 valence electrons. The molecule has 0 fully saturated rings. The second kappa shape index (κ2) is 6.27. The summed E-state index contributed by atoms with van der Waals surface area (Å²) in [5.74, 6) is -0.391. The lowest BCUT2D eigenvalue weighted by Crippen LogP contribution is -2.20. The van der Waals surface area contributed by atoms with Gasteiger partial charge in [0.15, 0.2) is 0 Å². The van der Waals surface area contributed by atoms with Crippen molar-refractivity contribution in [3.8, 4) is 0 Å². The highest BCUT2D eigenvalue weighted by Gasteiger charge is 2.22. The van der Waals surface area contributed by atoms with E-state index >= 15 is 0 Å². The van der Waals surface area contributed by atoms with E-state index in [1.807, 2.05) is 6.08 Å². The Bertz CT molecular complexity index is 1150. The molecule has 0 spiro atoms. The third-order valence-electron chi connectivity index (χ3n) is 4.37. The van der Waals surface area contributed by atoms with Gasteiger partial charge in [0.25, 0.3) is 5.56 Å². The van der Waals surface area contributed by atoms with Crippen LogP contribution in [-0.2, 0) is 6.54 Å². The Morgan fingerprint density at radius 3 is 2.62 bits per heavy atom. The summed E-state index contributed by atoms with van der Waals surface area (Å²) in [5, 5.41) is 10.1. The summed E-state index contributed by atoms with van der Waals surface area (Å²) in [7, 11) is 0. The van der Waals surface area contributed by atoms with Crippen molar-refractivity contribution < 1.29 is 9.90 Å². The van der Waals surface area contributed by atoms with Crippen LogP contribution in [0, 0.1) is 0 Å². The maximum atomic E-state index is 12.8. The van der Waals surface area contributed by atoms with E-state index in [0.717, 1.165) is 11.1 Å². The molecule has 0 aliphatic carbocycles. The van der Waals surface area contributed by atoms with Crippen LogP contribution in [-0.4, -0.2) is 20.6 Å². The second-order valence-corrected chi connectivity index (χ2v) is 6.87. The Labute approximate surface area is 158 Å². The van der Waals surface area contributed by atoms with Crippen molar-refractivity contribution in [3.63, 3.8) is 0 Å². The lowest BCUT2D eigenvalue weighted by Gasteiger charge is -2.07. The maximum Gasteiger partial charge on any atom is 0.335 e. The molecule has 1 aromatic heterocycles. The van der Waals surface area contributed by atoms with Gasteiger partial charge >= 0.3 is 5.97 Å². The van der Waals surface area contributed by atoms with Gasteiger partial charge in [-0.05, 0) is 47.9 Å². The third kappa shape index (κ3) is 2.79. The van der Waals surface area contributed by atoms with Gasteiger partial charge in [-0.1, -0.05) is 35.3 Å². The van der Waals surface area contributed by atoms with Gasteiger partial charge in [-0.3, -0.25) is 9.36 Å². The minimum absolute atomic E-state index is 0.168. The summed E-state index contributed by atoms with van der Waals surface area (Å²) in [5.41, 5.74) is 2.23. The van der Waals surface area contributed by atoms with Crippen molar-refractivity contribution in [3.05, 3.63) is 73.7 Å². The molecular formula is C19H12Cl2N2O3. The molecule has 1 aliphatic rings. The molecule has 4 rings (SSSR count). The molecule has 0 saturated carbocycles. The molecule has 1 N–H and O–H groups in total. The van der Waals surface area contributed by atoms with Crippen molar-refractivity contribution in [1.29, 1.82) is 0 Å². The molecule has 7 heteroatoms. The smallest absolute Gasteiger partial charge is 0.335 e. The highest BCUT2D eigenvalue weighted by molar-refractivity contribution is 6.38. The van der Waals surface area contributed by atoms with Gasteiger partial charge in [0.05, 0.1) is 21.5 Å². The van der Waals surface area contributed by atoms with Crippen molar-refractivity contribution in [2.45, 2.75) is 13.0 Å². The topological polar surface area (TPSA) is 72.2 Å². The monoisotopic (exact) mass is 386 g/mol. The predicted octanol–water partition coefficient (Wildman–Crippen LogP) is 4.35. The van der Waals surface area contributed by atoms with Crippen LogP contribution < -0.4 is 5.56 Å². The zero-order chi connectivity index (χ0) is 18.4. The van der Waals surface area contributed by atoms with Gasteiger partial charge in [-0.15, -0.1) is 0 Å². The van der Waals surface area contributed by atoms with E-state index < -0.39 is 5.97 Å². The molecule has 2 heterocycles. The van der Waals surface area contributed by atoms with Crippen LogP contribution in [0.3, 0.4) is 0 Å². The van der Waals surface area contributed by atoms with E-state index in [1.54, 1.807) is 41.0 Å². The maximum absolute atomic E-state index is 12.8. The molecule has 0 saturated heterocycles. The van der Waals surface area contributed by atoms with Crippen molar-refractivity contribution >= 4 is 51.7 Å². The second-order valence-electron chi connectivity index (χ2n) is 6.02. The third-order valence-corrected chi connectivity index (χ3v) is 4.87. The van der Waals surface area contributed by atoms with Crippen molar-refractivity contribution in [2.24, 2.45) is 0 Å². The largest absolute Gasteiger partial charge is 0.478 e. The van der Waals surface area contributed by atoms with Crippen LogP contribution in [0.5, 0.6) is 0 Å². The lowest BCUT2D eigenvalue weighted by atomic mass is 10.1. The summed E-state index contributed by atoms with van der Waals surface area (Å²) in [6, 6.07) is 9.69. The molecule has 0 bridgehead atoms. The molecule has 5 nitrogen and oxygen atoms in total. The number of aromatic carboxylic acids is 1. The zero-order valence-electron chi connectivity index (χ0n) is 13.4.